The van der Waals surface area contributed by atoms with Gasteiger partial charge < -0.3 is 15.1 Å². The average Bonchev–Trinajstić information content (AvgIpc) is 2.85. The van der Waals surface area contributed by atoms with E-state index in [1.807, 2.05) is 13.8 Å². The Bertz CT molecular complexity index is 609. The predicted octanol–water partition coefficient (Wildman–Crippen LogP) is 3.61. The lowest BCUT2D eigenvalue weighted by atomic mass is 9.99. The van der Waals surface area contributed by atoms with Gasteiger partial charge in [0.15, 0.2) is 0 Å². The summed E-state index contributed by atoms with van der Waals surface area (Å²) in [5.41, 5.74) is 0. The van der Waals surface area contributed by atoms with Crippen molar-refractivity contribution in [2.45, 2.75) is 83.3 Å². The maximum absolute atomic E-state index is 13.9. The van der Waals surface area contributed by atoms with Gasteiger partial charge in [-0.05, 0) is 18.8 Å². The van der Waals surface area contributed by atoms with Gasteiger partial charge in [0.25, 0.3) is 5.91 Å². The van der Waals surface area contributed by atoms with E-state index in [0.29, 0.717) is 32.1 Å². The summed E-state index contributed by atoms with van der Waals surface area (Å²) in [7, 11) is 0. The molecule has 1 aliphatic rings. The first-order valence-corrected chi connectivity index (χ1v) is 9.91. The molecule has 0 saturated carbocycles. The van der Waals surface area contributed by atoms with E-state index in [1.54, 1.807) is 0 Å². The third kappa shape index (κ3) is 7.97. The van der Waals surface area contributed by atoms with Crippen LogP contribution in [-0.4, -0.2) is 51.6 Å². The van der Waals surface area contributed by atoms with Gasteiger partial charge in [0.1, 0.15) is 0 Å². The van der Waals surface area contributed by atoms with E-state index in [4.69, 9.17) is 5.11 Å². The van der Waals surface area contributed by atoms with Gasteiger partial charge in [0.2, 0.25) is 0 Å². The molecule has 3 atom stereocenters. The standard InChI is InChI=1S/C21H31F2NO4/c1-3-4-7-10-16(2)18(25)13-12-17-15-21(22,23)20(28)24(17)14-9-6-5-8-11-19(26)27/h12-13,16-18,25H,3,5-6,8-11,14-15H2,1-2H3,(H,26,27)/t16-,17-,18+/m0/s1. The van der Waals surface area contributed by atoms with Crippen LogP contribution in [0.4, 0.5) is 8.78 Å². The van der Waals surface area contributed by atoms with Crippen molar-refractivity contribution in [1.82, 2.24) is 4.90 Å². The third-order valence-corrected chi connectivity index (χ3v) is 4.82. The van der Waals surface area contributed by atoms with Crippen molar-refractivity contribution < 1.29 is 28.6 Å². The van der Waals surface area contributed by atoms with Crippen molar-refractivity contribution in [3.8, 4) is 11.8 Å². The Morgan fingerprint density at radius 2 is 2.00 bits per heavy atom. The molecular weight excluding hydrogens is 368 g/mol. The SMILES string of the molecule is CCC#CC[C@H](C)[C@H](O)C=C[C@H]1CC(F)(F)C(=O)N1CCCCCCC(=O)O. The summed E-state index contributed by atoms with van der Waals surface area (Å²) in [5, 5.41) is 18.8. The Kier molecular flexibility index (Phi) is 10.2. The number of alkyl halides is 2. The van der Waals surface area contributed by atoms with Gasteiger partial charge in [-0.1, -0.05) is 38.8 Å². The van der Waals surface area contributed by atoms with E-state index >= 15 is 0 Å². The molecule has 28 heavy (non-hydrogen) atoms. The van der Waals surface area contributed by atoms with E-state index in [1.165, 1.54) is 17.1 Å². The molecule has 0 aliphatic carbocycles. The summed E-state index contributed by atoms with van der Waals surface area (Å²) in [6.45, 7) is 3.97. The van der Waals surface area contributed by atoms with Gasteiger partial charge in [-0.15, -0.1) is 11.8 Å². The number of aliphatic carboxylic acids is 1. The number of amides is 1. The van der Waals surface area contributed by atoms with Gasteiger partial charge in [-0.3, -0.25) is 9.59 Å². The van der Waals surface area contributed by atoms with Crippen LogP contribution < -0.4 is 0 Å². The number of halogens is 2. The average molecular weight is 399 g/mol. The molecule has 1 aliphatic heterocycles. The van der Waals surface area contributed by atoms with Crippen molar-refractivity contribution in [2.24, 2.45) is 5.92 Å². The summed E-state index contributed by atoms with van der Waals surface area (Å²) >= 11 is 0. The fourth-order valence-corrected chi connectivity index (χ4v) is 3.08. The quantitative estimate of drug-likeness (QED) is 0.316. The van der Waals surface area contributed by atoms with Crippen molar-refractivity contribution >= 4 is 11.9 Å². The van der Waals surface area contributed by atoms with Crippen LogP contribution in [0.15, 0.2) is 12.2 Å². The summed E-state index contributed by atoms with van der Waals surface area (Å²) in [5.74, 6) is 0.341. The second-order valence-electron chi connectivity index (χ2n) is 7.30. The van der Waals surface area contributed by atoms with Crippen molar-refractivity contribution in [2.75, 3.05) is 6.54 Å². The second-order valence-corrected chi connectivity index (χ2v) is 7.30. The first-order chi connectivity index (χ1) is 13.2. The number of carboxylic acids is 1. The van der Waals surface area contributed by atoms with Crippen LogP contribution >= 0.6 is 0 Å². The minimum atomic E-state index is -3.39. The Morgan fingerprint density at radius 3 is 2.64 bits per heavy atom. The molecule has 0 unspecified atom stereocenters. The highest BCUT2D eigenvalue weighted by Gasteiger charge is 2.52. The fourth-order valence-electron chi connectivity index (χ4n) is 3.08. The summed E-state index contributed by atoms with van der Waals surface area (Å²) in [6.07, 6.45) is 5.36. The van der Waals surface area contributed by atoms with E-state index in [9.17, 15) is 23.5 Å². The Balaban J connectivity index is 2.58. The molecule has 7 heteroatoms. The summed E-state index contributed by atoms with van der Waals surface area (Å²) in [4.78, 5) is 23.6. The lowest BCUT2D eigenvalue weighted by Gasteiger charge is -2.22. The second kappa shape index (κ2) is 11.8. The van der Waals surface area contributed by atoms with Crippen LogP contribution in [0.25, 0.3) is 0 Å². The van der Waals surface area contributed by atoms with E-state index in [-0.39, 0.29) is 18.9 Å². The molecule has 1 saturated heterocycles. The van der Waals surface area contributed by atoms with Gasteiger partial charge in [0, 0.05) is 32.2 Å². The topological polar surface area (TPSA) is 77.8 Å². The number of aliphatic hydroxyl groups is 1. The molecule has 5 nitrogen and oxygen atoms in total. The predicted molar refractivity (Wildman–Crippen MR) is 103 cm³/mol. The summed E-state index contributed by atoms with van der Waals surface area (Å²) in [6, 6.07) is -0.745. The Morgan fingerprint density at radius 1 is 1.32 bits per heavy atom. The first kappa shape index (κ1) is 24.1. The van der Waals surface area contributed by atoms with E-state index < -0.39 is 36.4 Å². The monoisotopic (exact) mass is 399 g/mol. The van der Waals surface area contributed by atoms with Crippen LogP contribution in [0.2, 0.25) is 0 Å². The normalized spacial score (nSPS) is 20.8. The first-order valence-electron chi connectivity index (χ1n) is 9.91. The van der Waals surface area contributed by atoms with Crippen molar-refractivity contribution in [1.29, 1.82) is 0 Å². The van der Waals surface area contributed by atoms with Gasteiger partial charge in [-0.25, -0.2) is 0 Å². The van der Waals surface area contributed by atoms with Crippen LogP contribution in [0.5, 0.6) is 0 Å². The highest BCUT2D eigenvalue weighted by atomic mass is 19.3. The number of likely N-dealkylation sites (tertiary alicyclic amines) is 1. The molecule has 2 N–H and O–H groups in total. The van der Waals surface area contributed by atoms with Crippen molar-refractivity contribution in [3.05, 3.63) is 12.2 Å². The zero-order valence-electron chi connectivity index (χ0n) is 16.7. The Hall–Kier alpha value is -1.94. The number of hydrogen-bond acceptors (Lipinski definition) is 3. The zero-order chi connectivity index (χ0) is 21.2. The van der Waals surface area contributed by atoms with Gasteiger partial charge in [-0.2, -0.15) is 8.78 Å². The largest absolute Gasteiger partial charge is 0.481 e. The molecule has 1 heterocycles. The molecule has 0 aromatic heterocycles. The van der Waals surface area contributed by atoms with Gasteiger partial charge >= 0.3 is 11.9 Å². The minimum Gasteiger partial charge on any atom is -0.481 e. The molecule has 0 aromatic rings. The molecule has 1 rings (SSSR count). The molecule has 0 spiro atoms. The summed E-state index contributed by atoms with van der Waals surface area (Å²) < 4.78 is 27.7. The van der Waals surface area contributed by atoms with Crippen molar-refractivity contribution in [3.63, 3.8) is 0 Å². The molecule has 1 fully saturated rings. The minimum absolute atomic E-state index is 0.0881. The number of carbonyl (C=O) groups is 2. The number of aliphatic hydroxyl groups excluding tert-OH is 1. The molecular formula is C21H31F2NO4. The molecule has 158 valence electrons. The van der Waals surface area contributed by atoms with E-state index in [0.717, 1.165) is 6.42 Å². The molecule has 1 amide bonds. The molecule has 0 bridgehead atoms. The lowest BCUT2D eigenvalue weighted by molar-refractivity contribution is -0.148. The molecule has 0 radical (unpaired) electrons. The molecule has 0 aromatic carbocycles. The number of rotatable bonds is 11. The zero-order valence-corrected chi connectivity index (χ0v) is 16.7. The maximum Gasteiger partial charge on any atom is 0.327 e. The van der Waals surface area contributed by atoms with Gasteiger partial charge in [0.05, 0.1) is 12.1 Å². The number of hydrogen-bond donors (Lipinski definition) is 2. The van der Waals surface area contributed by atoms with Crippen LogP contribution in [0.3, 0.4) is 0 Å². The lowest BCUT2D eigenvalue weighted by Crippen LogP contribution is -2.36. The van der Waals surface area contributed by atoms with Crippen LogP contribution in [-0.2, 0) is 9.59 Å². The van der Waals surface area contributed by atoms with Crippen LogP contribution in [0, 0.1) is 17.8 Å². The highest BCUT2D eigenvalue weighted by Crippen LogP contribution is 2.34. The van der Waals surface area contributed by atoms with Crippen LogP contribution in [0.1, 0.15) is 65.2 Å². The highest BCUT2D eigenvalue weighted by molar-refractivity contribution is 5.86. The third-order valence-electron chi connectivity index (χ3n) is 4.82. The fraction of sp³-hybridized carbons (Fsp3) is 0.714. The number of carbonyl (C=O) groups excluding carboxylic acids is 1. The Labute approximate surface area is 165 Å². The van der Waals surface area contributed by atoms with E-state index in [2.05, 4.69) is 11.8 Å². The smallest absolute Gasteiger partial charge is 0.327 e. The number of nitrogens with zero attached hydrogens (tertiary/aromatic N) is 1. The maximum atomic E-state index is 13.9. The number of carboxylic acid groups (broad SMARTS) is 1. The number of unbranched alkanes of at least 4 members (excludes halogenated alkanes) is 3.